The van der Waals surface area contributed by atoms with Crippen LogP contribution in [0.15, 0.2) is 47.6 Å². The third-order valence-corrected chi connectivity index (χ3v) is 6.51. The number of carbonyl (C=O) groups is 2. The van der Waals surface area contributed by atoms with E-state index >= 15 is 0 Å². The highest BCUT2D eigenvalue weighted by Gasteiger charge is 2.29. The minimum atomic E-state index is -0.217. The molecule has 3 heterocycles. The number of thioether (sulfide) groups is 1. The van der Waals surface area contributed by atoms with E-state index < -0.39 is 0 Å². The fourth-order valence-electron chi connectivity index (χ4n) is 3.95. The van der Waals surface area contributed by atoms with Crippen LogP contribution in [0.4, 0.5) is 5.82 Å². The van der Waals surface area contributed by atoms with E-state index in [1.54, 1.807) is 6.07 Å². The van der Waals surface area contributed by atoms with E-state index in [9.17, 15) is 9.59 Å². The summed E-state index contributed by atoms with van der Waals surface area (Å²) >= 11 is 1.46. The third-order valence-electron chi connectivity index (χ3n) is 5.54. The molecule has 1 unspecified atom stereocenters. The number of aromatic nitrogens is 3. The molecule has 7 nitrogen and oxygen atoms in total. The molecule has 0 aliphatic carbocycles. The van der Waals surface area contributed by atoms with E-state index in [1.807, 2.05) is 42.2 Å². The first-order chi connectivity index (χ1) is 15.0. The number of piperidine rings is 1. The monoisotopic (exact) mass is 437 g/mol. The maximum atomic E-state index is 12.9. The van der Waals surface area contributed by atoms with Crippen LogP contribution < -0.4 is 5.32 Å². The molecule has 1 aromatic carbocycles. The van der Waals surface area contributed by atoms with Gasteiger partial charge >= 0.3 is 0 Å². The molecule has 0 saturated carbocycles. The van der Waals surface area contributed by atoms with E-state index in [-0.39, 0.29) is 17.7 Å². The van der Waals surface area contributed by atoms with Crippen molar-refractivity contribution in [1.82, 2.24) is 19.4 Å². The second-order valence-corrected chi connectivity index (χ2v) is 8.69. The Morgan fingerprint density at radius 2 is 2.00 bits per heavy atom. The number of amides is 2. The molecule has 8 heteroatoms. The standard InChI is InChI=1S/C23H27N5O2S/c1-3-28-19-11-5-4-10-18(19)25-23(28)31-15-21(29)27-13-7-9-17(14-27)22(30)26-20-12-6-8-16(2)24-20/h4-6,8,10-12,17H,3,7,9,13-15H2,1-2H3,(H,24,26,30). The number of imidazole rings is 1. The van der Waals surface area contributed by atoms with Crippen LogP contribution in [0, 0.1) is 12.8 Å². The molecule has 1 N–H and O–H groups in total. The number of rotatable bonds is 6. The number of anilines is 1. The normalized spacial score (nSPS) is 16.5. The molecular weight excluding hydrogens is 410 g/mol. The van der Waals surface area contributed by atoms with Crippen molar-refractivity contribution in [2.45, 2.75) is 38.4 Å². The Morgan fingerprint density at radius 3 is 2.81 bits per heavy atom. The first-order valence-corrected chi connectivity index (χ1v) is 11.6. The van der Waals surface area contributed by atoms with Crippen LogP contribution >= 0.6 is 11.8 Å². The lowest BCUT2D eigenvalue weighted by atomic mass is 9.97. The molecule has 162 valence electrons. The Kier molecular flexibility index (Phi) is 6.56. The number of hydrogen-bond acceptors (Lipinski definition) is 5. The molecule has 4 rings (SSSR count). The van der Waals surface area contributed by atoms with Gasteiger partial charge in [-0.15, -0.1) is 0 Å². The van der Waals surface area contributed by atoms with Crippen molar-refractivity contribution in [2.24, 2.45) is 5.92 Å². The molecule has 1 saturated heterocycles. The van der Waals surface area contributed by atoms with Crippen molar-refractivity contribution in [3.05, 3.63) is 48.2 Å². The van der Waals surface area contributed by atoms with Crippen molar-refractivity contribution in [1.29, 1.82) is 0 Å². The van der Waals surface area contributed by atoms with Gasteiger partial charge in [-0.2, -0.15) is 0 Å². The Labute approximate surface area is 186 Å². The number of aryl methyl sites for hydroxylation is 2. The second-order valence-electron chi connectivity index (χ2n) is 7.75. The number of nitrogens with zero attached hydrogens (tertiary/aromatic N) is 4. The number of fused-ring (bicyclic) bond motifs is 1. The highest BCUT2D eigenvalue weighted by atomic mass is 32.2. The zero-order valence-corrected chi connectivity index (χ0v) is 18.7. The summed E-state index contributed by atoms with van der Waals surface area (Å²) in [6, 6.07) is 13.6. The smallest absolute Gasteiger partial charge is 0.233 e. The maximum Gasteiger partial charge on any atom is 0.233 e. The lowest BCUT2D eigenvalue weighted by Crippen LogP contribution is -2.44. The second kappa shape index (κ2) is 9.51. The van der Waals surface area contributed by atoms with E-state index in [0.29, 0.717) is 24.7 Å². The van der Waals surface area contributed by atoms with Gasteiger partial charge in [-0.25, -0.2) is 9.97 Å². The number of nitrogens with one attached hydrogen (secondary N) is 1. The van der Waals surface area contributed by atoms with Crippen LogP contribution in [0.1, 0.15) is 25.5 Å². The number of carbonyl (C=O) groups excluding carboxylic acids is 2. The fraction of sp³-hybridized carbons (Fsp3) is 0.391. The van der Waals surface area contributed by atoms with Crippen molar-refractivity contribution in [3.8, 4) is 0 Å². The number of pyridine rings is 1. The summed E-state index contributed by atoms with van der Waals surface area (Å²) in [5.41, 5.74) is 2.88. The van der Waals surface area contributed by atoms with Crippen LogP contribution in [0.3, 0.4) is 0 Å². The Hall–Kier alpha value is -2.87. The fourth-order valence-corrected chi connectivity index (χ4v) is 4.93. The van der Waals surface area contributed by atoms with Crippen molar-refractivity contribution in [3.63, 3.8) is 0 Å². The molecule has 2 amide bonds. The predicted octanol–water partition coefficient (Wildman–Crippen LogP) is 3.73. The van der Waals surface area contributed by atoms with Crippen molar-refractivity contribution >= 4 is 40.4 Å². The highest BCUT2D eigenvalue weighted by Crippen LogP contribution is 2.25. The summed E-state index contributed by atoms with van der Waals surface area (Å²) in [6.45, 7) is 5.91. The predicted molar refractivity (Wildman–Crippen MR) is 123 cm³/mol. The molecule has 1 aliphatic rings. The van der Waals surface area contributed by atoms with Gasteiger partial charge < -0.3 is 14.8 Å². The summed E-state index contributed by atoms with van der Waals surface area (Å²) in [5, 5.41) is 3.75. The number of benzene rings is 1. The third kappa shape index (κ3) is 4.90. The van der Waals surface area contributed by atoms with Crippen LogP contribution in [0.2, 0.25) is 0 Å². The quantitative estimate of drug-likeness (QED) is 0.595. The highest BCUT2D eigenvalue weighted by molar-refractivity contribution is 7.99. The molecule has 1 aliphatic heterocycles. The molecular formula is C23H27N5O2S. The molecule has 3 aromatic rings. The molecule has 1 atom stereocenters. The molecule has 31 heavy (non-hydrogen) atoms. The molecule has 0 radical (unpaired) electrons. The maximum absolute atomic E-state index is 12.9. The number of likely N-dealkylation sites (tertiary alicyclic amines) is 1. The van der Waals surface area contributed by atoms with Gasteiger partial charge in [-0.1, -0.05) is 30.0 Å². The Bertz CT molecular complexity index is 1100. The van der Waals surface area contributed by atoms with Gasteiger partial charge in [-0.05, 0) is 51.0 Å². The van der Waals surface area contributed by atoms with Crippen molar-refractivity contribution < 1.29 is 9.59 Å². The summed E-state index contributed by atoms with van der Waals surface area (Å²) < 4.78 is 2.13. The van der Waals surface area contributed by atoms with Gasteiger partial charge in [0.1, 0.15) is 5.82 Å². The zero-order valence-electron chi connectivity index (χ0n) is 17.9. The van der Waals surface area contributed by atoms with Crippen LogP contribution in [0.25, 0.3) is 11.0 Å². The average Bonchev–Trinajstić information content (AvgIpc) is 3.15. The SMILES string of the molecule is CCn1c(SCC(=O)N2CCCC(C(=O)Nc3cccc(C)n3)C2)nc2ccccc21. The van der Waals surface area contributed by atoms with E-state index in [2.05, 4.69) is 32.8 Å². The average molecular weight is 438 g/mol. The molecule has 0 bridgehead atoms. The largest absolute Gasteiger partial charge is 0.341 e. The van der Waals surface area contributed by atoms with Crippen LogP contribution in [0.5, 0.6) is 0 Å². The van der Waals surface area contributed by atoms with Crippen LogP contribution in [-0.4, -0.2) is 50.1 Å². The van der Waals surface area contributed by atoms with Gasteiger partial charge in [0.05, 0.1) is 22.7 Å². The van der Waals surface area contributed by atoms with Gasteiger partial charge in [0, 0.05) is 25.3 Å². The summed E-state index contributed by atoms with van der Waals surface area (Å²) in [7, 11) is 0. The zero-order chi connectivity index (χ0) is 21.8. The van der Waals surface area contributed by atoms with E-state index in [0.717, 1.165) is 41.3 Å². The van der Waals surface area contributed by atoms with Gasteiger partial charge in [0.15, 0.2) is 5.16 Å². The van der Waals surface area contributed by atoms with Crippen molar-refractivity contribution in [2.75, 3.05) is 24.2 Å². The van der Waals surface area contributed by atoms with Gasteiger partial charge in [0.25, 0.3) is 0 Å². The summed E-state index contributed by atoms with van der Waals surface area (Å²) in [6.07, 6.45) is 1.60. The number of hydrogen-bond donors (Lipinski definition) is 1. The Morgan fingerprint density at radius 1 is 1.16 bits per heavy atom. The molecule has 2 aromatic heterocycles. The van der Waals surface area contributed by atoms with E-state index in [4.69, 9.17) is 0 Å². The first kappa shape index (κ1) is 21.4. The minimum absolute atomic E-state index is 0.0471. The van der Waals surface area contributed by atoms with Crippen LogP contribution in [-0.2, 0) is 16.1 Å². The van der Waals surface area contributed by atoms with E-state index in [1.165, 1.54) is 11.8 Å². The topological polar surface area (TPSA) is 80.1 Å². The minimum Gasteiger partial charge on any atom is -0.341 e. The first-order valence-electron chi connectivity index (χ1n) is 10.7. The van der Waals surface area contributed by atoms with Gasteiger partial charge in [0.2, 0.25) is 11.8 Å². The van der Waals surface area contributed by atoms with Gasteiger partial charge in [-0.3, -0.25) is 9.59 Å². The summed E-state index contributed by atoms with van der Waals surface area (Å²) in [5.74, 6) is 0.631. The number of para-hydroxylation sites is 2. The molecule has 1 fully saturated rings. The summed E-state index contributed by atoms with van der Waals surface area (Å²) in [4.78, 5) is 36.4. The lowest BCUT2D eigenvalue weighted by molar-refractivity contribution is -0.132. The Balaban J connectivity index is 1.36. The lowest BCUT2D eigenvalue weighted by Gasteiger charge is -2.32. The molecule has 0 spiro atoms.